The summed E-state index contributed by atoms with van der Waals surface area (Å²) in [5.74, 6) is 0. The maximum atomic E-state index is 11.1. The molecule has 0 aliphatic carbocycles. The zero-order chi connectivity index (χ0) is 9.02. The van der Waals surface area contributed by atoms with Crippen LogP contribution in [-0.4, -0.2) is 22.4 Å². The third-order valence-corrected chi connectivity index (χ3v) is 1.75. The molecule has 0 aromatic carbocycles. The van der Waals surface area contributed by atoms with E-state index in [0.717, 1.165) is 0 Å². The highest BCUT2D eigenvalue weighted by molar-refractivity contribution is 7.78. The molecular formula is C7H16N2OS. The van der Waals surface area contributed by atoms with E-state index in [1.54, 1.807) is 0 Å². The maximum absolute atomic E-state index is 11.1. The van der Waals surface area contributed by atoms with E-state index in [2.05, 4.69) is 18.1 Å². The molecule has 0 bridgehead atoms. The van der Waals surface area contributed by atoms with Crippen LogP contribution >= 0.6 is 12.8 Å². The first-order valence-corrected chi connectivity index (χ1v) is 4.13. The Morgan fingerprint density at radius 2 is 1.82 bits per heavy atom. The van der Waals surface area contributed by atoms with E-state index < -0.39 is 0 Å². The van der Waals surface area contributed by atoms with Crippen molar-refractivity contribution in [1.29, 1.82) is 0 Å². The molecule has 0 radical (unpaired) electrons. The van der Waals surface area contributed by atoms with Crippen molar-refractivity contribution in [2.24, 2.45) is 0 Å². The summed E-state index contributed by atoms with van der Waals surface area (Å²) >= 11 is 4.02. The van der Waals surface area contributed by atoms with Gasteiger partial charge in [0.05, 0.1) is 0 Å². The number of nitrogens with zero attached hydrogens (tertiary/aromatic N) is 1. The van der Waals surface area contributed by atoms with E-state index in [1.165, 1.54) is 4.31 Å². The van der Waals surface area contributed by atoms with E-state index in [9.17, 15) is 4.79 Å². The second kappa shape index (κ2) is 4.49. The summed E-state index contributed by atoms with van der Waals surface area (Å²) in [5, 5.41) is 2.73. The molecule has 0 aliphatic rings. The SMILES string of the molecule is CC(C)NC(=O)N(S)C(C)C. The average molecular weight is 176 g/mol. The van der Waals surface area contributed by atoms with Crippen LogP contribution < -0.4 is 5.32 Å². The lowest BCUT2D eigenvalue weighted by Crippen LogP contribution is -2.41. The van der Waals surface area contributed by atoms with Gasteiger partial charge in [-0.3, -0.25) is 4.31 Å². The normalized spacial score (nSPS) is 10.5. The summed E-state index contributed by atoms with van der Waals surface area (Å²) in [7, 11) is 0. The topological polar surface area (TPSA) is 32.3 Å². The molecule has 3 nitrogen and oxygen atoms in total. The molecular weight excluding hydrogens is 160 g/mol. The van der Waals surface area contributed by atoms with Crippen LogP contribution in [0.5, 0.6) is 0 Å². The van der Waals surface area contributed by atoms with Gasteiger partial charge >= 0.3 is 6.03 Å². The van der Waals surface area contributed by atoms with Crippen LogP contribution in [0.15, 0.2) is 0 Å². The van der Waals surface area contributed by atoms with E-state index in [-0.39, 0.29) is 18.1 Å². The number of rotatable bonds is 2. The molecule has 4 heteroatoms. The third kappa shape index (κ3) is 4.14. The number of hydrogen-bond donors (Lipinski definition) is 2. The number of nitrogens with one attached hydrogen (secondary N) is 1. The average Bonchev–Trinajstić information content (AvgIpc) is 1.84. The summed E-state index contributed by atoms with van der Waals surface area (Å²) in [5.41, 5.74) is 0. The van der Waals surface area contributed by atoms with Gasteiger partial charge in [-0.2, -0.15) is 0 Å². The lowest BCUT2D eigenvalue weighted by atomic mass is 10.4. The Hall–Kier alpha value is -0.380. The monoisotopic (exact) mass is 176 g/mol. The van der Waals surface area contributed by atoms with Crippen LogP contribution in [-0.2, 0) is 0 Å². The molecule has 0 saturated carbocycles. The number of amides is 2. The number of thiol groups is 1. The molecule has 11 heavy (non-hydrogen) atoms. The molecule has 2 amide bonds. The van der Waals surface area contributed by atoms with Gasteiger partial charge in [0, 0.05) is 12.1 Å². The zero-order valence-electron chi connectivity index (χ0n) is 7.46. The van der Waals surface area contributed by atoms with Crippen molar-refractivity contribution in [3.05, 3.63) is 0 Å². The van der Waals surface area contributed by atoms with Crippen molar-refractivity contribution < 1.29 is 4.79 Å². The summed E-state index contributed by atoms with van der Waals surface area (Å²) in [4.78, 5) is 11.1. The highest BCUT2D eigenvalue weighted by Crippen LogP contribution is 2.01. The Bertz CT molecular complexity index is 136. The molecule has 0 spiro atoms. The van der Waals surface area contributed by atoms with Gasteiger partial charge in [-0.1, -0.05) is 12.8 Å². The number of urea groups is 1. The Morgan fingerprint density at radius 1 is 1.36 bits per heavy atom. The molecule has 0 atom stereocenters. The Kier molecular flexibility index (Phi) is 4.33. The molecule has 0 aliphatic heterocycles. The van der Waals surface area contributed by atoms with Crippen LogP contribution in [0, 0.1) is 0 Å². The highest BCUT2D eigenvalue weighted by Gasteiger charge is 2.12. The van der Waals surface area contributed by atoms with Gasteiger partial charge in [0.2, 0.25) is 0 Å². The zero-order valence-corrected chi connectivity index (χ0v) is 8.35. The number of carbonyl (C=O) groups is 1. The third-order valence-electron chi connectivity index (χ3n) is 1.11. The van der Waals surface area contributed by atoms with Crippen LogP contribution in [0.1, 0.15) is 27.7 Å². The first kappa shape index (κ1) is 10.6. The maximum Gasteiger partial charge on any atom is 0.327 e. The Labute approximate surface area is 73.7 Å². The fraction of sp³-hybridized carbons (Fsp3) is 0.857. The molecule has 66 valence electrons. The molecule has 0 fully saturated rings. The molecule has 0 aromatic rings. The molecule has 0 saturated heterocycles. The van der Waals surface area contributed by atoms with Gasteiger partial charge in [-0.25, -0.2) is 4.79 Å². The first-order valence-electron chi connectivity index (χ1n) is 3.73. The van der Waals surface area contributed by atoms with Crippen molar-refractivity contribution in [2.75, 3.05) is 0 Å². The molecule has 0 unspecified atom stereocenters. The Morgan fingerprint density at radius 3 is 2.09 bits per heavy atom. The Balaban J connectivity index is 3.83. The quantitative estimate of drug-likeness (QED) is 0.616. The van der Waals surface area contributed by atoms with Gasteiger partial charge in [-0.05, 0) is 27.7 Å². The van der Waals surface area contributed by atoms with Gasteiger partial charge < -0.3 is 5.32 Å². The number of carbonyl (C=O) groups excluding carboxylic acids is 1. The fourth-order valence-corrected chi connectivity index (χ4v) is 0.605. The summed E-state index contributed by atoms with van der Waals surface area (Å²) in [6.45, 7) is 7.65. The smallest absolute Gasteiger partial charge is 0.327 e. The lowest BCUT2D eigenvalue weighted by molar-refractivity contribution is 0.218. The minimum atomic E-state index is -0.140. The largest absolute Gasteiger partial charge is 0.335 e. The van der Waals surface area contributed by atoms with Crippen LogP contribution in [0.3, 0.4) is 0 Å². The van der Waals surface area contributed by atoms with Gasteiger partial charge in [0.15, 0.2) is 0 Å². The van der Waals surface area contributed by atoms with Crippen LogP contribution in [0.2, 0.25) is 0 Å². The highest BCUT2D eigenvalue weighted by atomic mass is 32.1. The van der Waals surface area contributed by atoms with Crippen molar-refractivity contribution in [3.63, 3.8) is 0 Å². The molecule has 0 heterocycles. The molecule has 0 rings (SSSR count). The number of hydrogen-bond acceptors (Lipinski definition) is 2. The minimum Gasteiger partial charge on any atom is -0.335 e. The summed E-state index contributed by atoms with van der Waals surface area (Å²) in [6, 6.07) is 0.145. The van der Waals surface area contributed by atoms with Gasteiger partial charge in [-0.15, -0.1) is 0 Å². The first-order chi connectivity index (χ1) is 4.95. The predicted octanol–water partition coefficient (Wildman–Crippen LogP) is 1.66. The van der Waals surface area contributed by atoms with Gasteiger partial charge in [0.25, 0.3) is 0 Å². The van der Waals surface area contributed by atoms with Crippen molar-refractivity contribution >= 4 is 18.8 Å². The summed E-state index contributed by atoms with van der Waals surface area (Å²) < 4.78 is 1.38. The predicted molar refractivity (Wildman–Crippen MR) is 49.6 cm³/mol. The summed E-state index contributed by atoms with van der Waals surface area (Å²) in [6.07, 6.45) is 0. The molecule has 0 aromatic heterocycles. The minimum absolute atomic E-state index is 0.122. The van der Waals surface area contributed by atoms with E-state index in [4.69, 9.17) is 0 Å². The fourth-order valence-electron chi connectivity index (χ4n) is 0.548. The van der Waals surface area contributed by atoms with Gasteiger partial charge in [0.1, 0.15) is 0 Å². The van der Waals surface area contributed by atoms with Crippen molar-refractivity contribution in [1.82, 2.24) is 9.62 Å². The van der Waals surface area contributed by atoms with E-state index in [1.807, 2.05) is 27.7 Å². The van der Waals surface area contributed by atoms with E-state index in [0.29, 0.717) is 0 Å². The van der Waals surface area contributed by atoms with Crippen LogP contribution in [0.4, 0.5) is 4.79 Å². The van der Waals surface area contributed by atoms with Crippen molar-refractivity contribution in [3.8, 4) is 0 Å². The van der Waals surface area contributed by atoms with E-state index >= 15 is 0 Å². The second-order valence-corrected chi connectivity index (χ2v) is 3.47. The van der Waals surface area contributed by atoms with Crippen LogP contribution in [0.25, 0.3) is 0 Å². The second-order valence-electron chi connectivity index (χ2n) is 3.04. The lowest BCUT2D eigenvalue weighted by Gasteiger charge is -2.21. The van der Waals surface area contributed by atoms with Crippen molar-refractivity contribution in [2.45, 2.75) is 39.8 Å². The standard InChI is InChI=1S/C7H16N2OS/c1-5(2)8-7(10)9(11)6(3)4/h5-6,11H,1-4H3,(H,8,10). The molecule has 1 N–H and O–H groups in total.